The fourth-order valence-electron chi connectivity index (χ4n) is 8.56. The fourth-order valence-corrected chi connectivity index (χ4v) is 8.56. The lowest BCUT2D eigenvalue weighted by molar-refractivity contribution is 1.20. The maximum atomic E-state index is 2.45. The normalized spacial score (nSPS) is 11.5. The first kappa shape index (κ1) is 31.7. The molecule has 0 saturated carbocycles. The Hall–Kier alpha value is -6.24. The van der Waals surface area contributed by atoms with Crippen LogP contribution in [-0.2, 0) is 0 Å². The topological polar surface area (TPSA) is 0 Å². The highest BCUT2D eigenvalue weighted by Crippen LogP contribution is 2.49. The second kappa shape index (κ2) is 12.8. The predicted octanol–water partition coefficient (Wildman–Crippen LogP) is 13.4. The van der Waals surface area contributed by atoms with Gasteiger partial charge in [0, 0.05) is 50.6 Å². The van der Waals surface area contributed by atoms with Gasteiger partial charge in [-0.25, -0.2) is 0 Å². The monoisotopic (exact) mass is 664 g/mol. The second-order valence-corrected chi connectivity index (χ2v) is 14.2. The maximum Gasteiger partial charge on any atom is 0.0645 e. The zero-order chi connectivity index (χ0) is 35.3. The van der Waals surface area contributed by atoms with Gasteiger partial charge in [0.25, 0.3) is 0 Å². The zero-order valence-corrected chi connectivity index (χ0v) is 30.2. The third-order valence-corrected chi connectivity index (χ3v) is 11.0. The lowest BCUT2D eigenvalue weighted by Crippen LogP contribution is -2.09. The van der Waals surface area contributed by atoms with Crippen molar-refractivity contribution in [3.8, 4) is 44.5 Å². The summed E-state index contributed by atoms with van der Waals surface area (Å²) < 4.78 is 0. The van der Waals surface area contributed by atoms with E-state index in [0.717, 1.165) is 0 Å². The van der Waals surface area contributed by atoms with Gasteiger partial charge in [0.2, 0.25) is 0 Å². The molecule has 0 fully saturated rings. The van der Waals surface area contributed by atoms with E-state index in [0.29, 0.717) is 0 Å². The van der Waals surface area contributed by atoms with Crippen LogP contribution in [0.4, 0.5) is 0 Å². The van der Waals surface area contributed by atoms with E-state index >= 15 is 0 Å². The Bertz CT molecular complexity index is 2250. The molecule has 1 aromatic rings. The molecule has 0 aliphatic heterocycles. The van der Waals surface area contributed by atoms with Crippen molar-refractivity contribution in [2.75, 3.05) is 0 Å². The Kier molecular flexibility index (Phi) is 7.82. The Balaban J connectivity index is 1.32. The predicted molar refractivity (Wildman–Crippen MR) is 219 cm³/mol. The van der Waals surface area contributed by atoms with Crippen LogP contribution in [0.25, 0.3) is 44.5 Å². The molecule has 0 nitrogen and oxygen atoms in total. The van der Waals surface area contributed by atoms with Gasteiger partial charge in [0.15, 0.2) is 0 Å². The Morgan fingerprint density at radius 1 is 0.250 bits per heavy atom. The molecular formula is C52H40+2. The van der Waals surface area contributed by atoms with Gasteiger partial charge in [-0.1, -0.05) is 72.8 Å². The Labute approximate surface area is 308 Å². The van der Waals surface area contributed by atoms with Crippen LogP contribution in [0.2, 0.25) is 0 Å². The average molecular weight is 665 g/mol. The van der Waals surface area contributed by atoms with Crippen molar-refractivity contribution in [1.82, 2.24) is 0 Å². The van der Waals surface area contributed by atoms with Gasteiger partial charge in [-0.15, -0.1) is 0 Å². The lowest BCUT2D eigenvalue weighted by Gasteiger charge is -2.18. The molecule has 0 heterocycles. The molecule has 0 atom stereocenters. The first-order valence-electron chi connectivity index (χ1n) is 18.3. The first-order valence-corrected chi connectivity index (χ1v) is 18.3. The van der Waals surface area contributed by atoms with Crippen LogP contribution in [0, 0.1) is 39.5 Å². The summed E-state index contributed by atoms with van der Waals surface area (Å²) in [6.45, 7) is 8.97. The van der Waals surface area contributed by atoms with Gasteiger partial charge >= 0.3 is 0 Å². The Morgan fingerprint density at radius 2 is 0.500 bits per heavy atom. The third-order valence-electron chi connectivity index (χ3n) is 11.0. The smallest absolute Gasteiger partial charge is 0.0617 e. The number of hydrogen-bond acceptors (Lipinski definition) is 0. The second-order valence-electron chi connectivity index (χ2n) is 14.2. The fraction of sp³-hybridized carbons (Fsp3) is 0.0769. The molecule has 9 rings (SSSR count). The molecule has 0 bridgehead atoms. The molecule has 52 heavy (non-hydrogen) atoms. The van der Waals surface area contributed by atoms with Crippen LogP contribution in [-0.4, -0.2) is 0 Å². The molecule has 1 aromatic carbocycles. The molecule has 0 aromatic heterocycles. The summed E-state index contributed by atoms with van der Waals surface area (Å²) in [7, 11) is 0. The zero-order valence-electron chi connectivity index (χ0n) is 30.2. The molecule has 0 saturated heterocycles. The summed E-state index contributed by atoms with van der Waals surface area (Å²) in [4.78, 5) is 0. The molecule has 0 N–H and O–H groups in total. The summed E-state index contributed by atoms with van der Waals surface area (Å²) in [5.41, 5.74) is 22.9. The lowest BCUT2D eigenvalue weighted by atomic mass is 9.79. The van der Waals surface area contributed by atoms with Crippen molar-refractivity contribution in [2.45, 2.75) is 27.7 Å². The van der Waals surface area contributed by atoms with E-state index in [-0.39, 0.29) is 0 Å². The highest BCUT2D eigenvalue weighted by Gasteiger charge is 2.37. The summed E-state index contributed by atoms with van der Waals surface area (Å²) in [5.74, 6) is 2.53. The van der Waals surface area contributed by atoms with Crippen LogP contribution >= 0.6 is 0 Å². The molecule has 0 radical (unpaired) electrons. The van der Waals surface area contributed by atoms with Gasteiger partial charge < -0.3 is 0 Å². The molecule has 0 unspecified atom stereocenters. The van der Waals surface area contributed by atoms with Crippen molar-refractivity contribution >= 4 is 0 Å². The van der Waals surface area contributed by atoms with Gasteiger partial charge in [0.1, 0.15) is 0 Å². The summed E-state index contributed by atoms with van der Waals surface area (Å²) in [5, 5.41) is 0. The minimum Gasteiger partial charge on any atom is -0.0617 e. The van der Waals surface area contributed by atoms with Crippen molar-refractivity contribution in [3.63, 3.8) is 0 Å². The molecule has 0 spiro atoms. The summed E-state index contributed by atoms with van der Waals surface area (Å²) in [6, 6.07) is 62.9. The van der Waals surface area contributed by atoms with E-state index in [1.54, 1.807) is 0 Å². The number of hydrogen-bond donors (Lipinski definition) is 0. The SMILES string of the molecule is Cc1cc([C+](c2cccc([C+](c3cc(C)c4cccccc3-4)c3cc(C)c4cccccc3-4)c2)c2cc(C)c3cccccc2-3)c2cccccc1-2. The van der Waals surface area contributed by atoms with Gasteiger partial charge in [-0.05, 0) is 141 Å². The molecule has 8 aliphatic rings. The van der Waals surface area contributed by atoms with E-state index in [9.17, 15) is 0 Å². The van der Waals surface area contributed by atoms with Crippen LogP contribution in [0.3, 0.4) is 0 Å². The number of benzene rings is 1. The minimum absolute atomic E-state index is 1.21. The molecule has 246 valence electrons. The molecule has 8 aliphatic carbocycles. The van der Waals surface area contributed by atoms with Crippen molar-refractivity contribution in [2.24, 2.45) is 0 Å². The van der Waals surface area contributed by atoms with Crippen molar-refractivity contribution < 1.29 is 0 Å². The quantitative estimate of drug-likeness (QED) is 0.155. The molecular weight excluding hydrogens is 625 g/mol. The standard InChI is InChI=1S/C52H40/c1-33-28-47(43-24-13-5-9-20-39(33)43)51(48-29-34(2)40-21-10-6-14-25-44(40)48)37-18-17-19-38(32-37)52(49-30-35(3)41-22-11-7-15-26-45(41)49)50-31-36(4)42-23-12-8-16-27-46(42)50/h5-32H,1-4H3/q+2. The van der Waals surface area contributed by atoms with E-state index < -0.39 is 0 Å². The van der Waals surface area contributed by atoms with Gasteiger partial charge in [0.05, 0.1) is 45.2 Å². The average Bonchev–Trinajstić information content (AvgIpc) is 3.51. The summed E-state index contributed by atoms with van der Waals surface area (Å²) >= 11 is 0. The van der Waals surface area contributed by atoms with Crippen molar-refractivity contribution in [3.05, 3.63) is 237 Å². The minimum atomic E-state index is 1.21. The van der Waals surface area contributed by atoms with E-state index in [1.807, 2.05) is 0 Å². The van der Waals surface area contributed by atoms with E-state index in [4.69, 9.17) is 0 Å². The highest BCUT2D eigenvalue weighted by atomic mass is 14.3. The van der Waals surface area contributed by atoms with Crippen molar-refractivity contribution in [1.29, 1.82) is 0 Å². The first-order chi connectivity index (χ1) is 25.5. The van der Waals surface area contributed by atoms with E-state index in [2.05, 4.69) is 198 Å². The maximum absolute atomic E-state index is 2.45. The van der Waals surface area contributed by atoms with Crippen LogP contribution in [0.1, 0.15) is 55.6 Å². The van der Waals surface area contributed by atoms with Crippen LogP contribution in [0.5, 0.6) is 0 Å². The van der Waals surface area contributed by atoms with Gasteiger partial charge in [-0.3, -0.25) is 0 Å². The molecule has 0 amide bonds. The number of aryl methyl sites for hydroxylation is 4. The largest absolute Gasteiger partial charge is 0.0645 e. The summed E-state index contributed by atoms with van der Waals surface area (Å²) in [6.07, 6.45) is 0. The highest BCUT2D eigenvalue weighted by molar-refractivity contribution is 5.88. The molecule has 0 heteroatoms. The van der Waals surface area contributed by atoms with E-state index in [1.165, 1.54) is 112 Å². The van der Waals surface area contributed by atoms with Crippen LogP contribution < -0.4 is 0 Å². The number of fused-ring (bicyclic) bond motifs is 4. The Morgan fingerprint density at radius 3 is 0.769 bits per heavy atom. The van der Waals surface area contributed by atoms with Crippen LogP contribution in [0.15, 0.2) is 170 Å². The number of rotatable bonds is 6. The van der Waals surface area contributed by atoms with Gasteiger partial charge in [-0.2, -0.15) is 0 Å². The third kappa shape index (κ3) is 5.22.